The molecule has 0 aromatic rings. The molecule has 0 spiro atoms. The van der Waals surface area contributed by atoms with E-state index in [0.29, 0.717) is 6.04 Å². The van der Waals surface area contributed by atoms with E-state index >= 15 is 0 Å². The fourth-order valence-corrected chi connectivity index (χ4v) is 1.98. The van der Waals surface area contributed by atoms with Gasteiger partial charge in [-0.2, -0.15) is 0 Å². The van der Waals surface area contributed by atoms with Gasteiger partial charge in [0.05, 0.1) is 6.61 Å². The summed E-state index contributed by atoms with van der Waals surface area (Å²) >= 11 is 0. The average molecular weight is 214 g/mol. The minimum Gasteiger partial charge on any atom is -0.383 e. The van der Waals surface area contributed by atoms with Crippen molar-refractivity contribution in [2.24, 2.45) is 5.92 Å². The Morgan fingerprint density at radius 1 is 1.47 bits per heavy atom. The predicted octanol–water partition coefficient (Wildman–Crippen LogP) is 1.34. The van der Waals surface area contributed by atoms with Crippen molar-refractivity contribution in [2.75, 3.05) is 40.4 Å². The Morgan fingerprint density at radius 3 is 2.67 bits per heavy atom. The minimum absolute atomic E-state index is 0.472. The summed E-state index contributed by atoms with van der Waals surface area (Å²) in [6.45, 7) is 6.69. The summed E-state index contributed by atoms with van der Waals surface area (Å²) in [5.74, 6) is 0.983. The number of hydrogen-bond acceptors (Lipinski definition) is 3. The Hall–Kier alpha value is -0.120. The Balaban J connectivity index is 2.25. The summed E-state index contributed by atoms with van der Waals surface area (Å²) < 4.78 is 5.21. The maximum Gasteiger partial charge on any atom is 0.0628 e. The molecule has 0 amide bonds. The molecule has 1 atom stereocenters. The number of nitrogens with one attached hydrogen (secondary N) is 1. The lowest BCUT2D eigenvalue weighted by Crippen LogP contribution is -2.43. The normalized spacial score (nSPS) is 18.4. The zero-order chi connectivity index (χ0) is 11.1. The third kappa shape index (κ3) is 5.50. The van der Waals surface area contributed by atoms with Crippen molar-refractivity contribution >= 4 is 0 Å². The molecule has 1 aliphatic rings. The molecule has 1 aliphatic carbocycles. The smallest absolute Gasteiger partial charge is 0.0628 e. The zero-order valence-corrected chi connectivity index (χ0v) is 10.5. The van der Waals surface area contributed by atoms with Crippen LogP contribution in [0.5, 0.6) is 0 Å². The van der Waals surface area contributed by atoms with Gasteiger partial charge in [0.15, 0.2) is 0 Å². The Morgan fingerprint density at radius 2 is 2.20 bits per heavy atom. The number of rotatable bonds is 9. The van der Waals surface area contributed by atoms with Crippen LogP contribution in [0.15, 0.2) is 0 Å². The van der Waals surface area contributed by atoms with Crippen LogP contribution in [0.25, 0.3) is 0 Å². The molecule has 0 aliphatic heterocycles. The number of hydrogen-bond donors (Lipinski definition) is 1. The van der Waals surface area contributed by atoms with Crippen LogP contribution < -0.4 is 5.32 Å². The Bertz CT molecular complexity index is 160. The number of likely N-dealkylation sites (N-methyl/N-ethyl adjacent to an activating group) is 1. The first-order valence-electron chi connectivity index (χ1n) is 6.18. The quantitative estimate of drug-likeness (QED) is 0.627. The standard InChI is InChI=1S/C12H26N2O/c1-4-7-14(8-11-5-6-11)9-12(13-2)10-15-3/h11-13H,4-10H2,1-3H3. The van der Waals surface area contributed by atoms with Gasteiger partial charge in [-0.3, -0.25) is 0 Å². The lowest BCUT2D eigenvalue weighted by Gasteiger charge is -2.26. The summed E-state index contributed by atoms with van der Waals surface area (Å²) in [5, 5.41) is 3.32. The van der Waals surface area contributed by atoms with E-state index < -0.39 is 0 Å². The molecule has 0 bridgehead atoms. The fourth-order valence-electron chi connectivity index (χ4n) is 1.98. The van der Waals surface area contributed by atoms with Crippen LogP contribution in [0.4, 0.5) is 0 Å². The molecule has 0 aromatic heterocycles. The van der Waals surface area contributed by atoms with Gasteiger partial charge in [0.25, 0.3) is 0 Å². The maximum atomic E-state index is 5.21. The van der Waals surface area contributed by atoms with Crippen molar-refractivity contribution in [1.29, 1.82) is 0 Å². The molecule has 0 aromatic carbocycles. The number of methoxy groups -OCH3 is 1. The lowest BCUT2D eigenvalue weighted by atomic mass is 10.2. The van der Waals surface area contributed by atoms with E-state index in [2.05, 4.69) is 17.1 Å². The van der Waals surface area contributed by atoms with Crippen LogP contribution in [-0.2, 0) is 4.74 Å². The van der Waals surface area contributed by atoms with Gasteiger partial charge < -0.3 is 15.0 Å². The second kappa shape index (κ2) is 7.20. The van der Waals surface area contributed by atoms with Gasteiger partial charge in [0.1, 0.15) is 0 Å². The molecule has 1 fully saturated rings. The molecule has 0 radical (unpaired) electrons. The SMILES string of the molecule is CCCN(CC1CC1)CC(COC)NC. The summed E-state index contributed by atoms with van der Waals surface area (Å²) in [4.78, 5) is 2.58. The second-order valence-electron chi connectivity index (χ2n) is 4.64. The molecular weight excluding hydrogens is 188 g/mol. The van der Waals surface area contributed by atoms with Crippen molar-refractivity contribution in [3.8, 4) is 0 Å². The predicted molar refractivity (Wildman–Crippen MR) is 64.2 cm³/mol. The molecule has 0 heterocycles. The van der Waals surface area contributed by atoms with Gasteiger partial charge in [0, 0.05) is 26.2 Å². The van der Waals surface area contributed by atoms with Gasteiger partial charge in [-0.1, -0.05) is 6.92 Å². The Labute approximate surface area is 94.2 Å². The highest BCUT2D eigenvalue weighted by Crippen LogP contribution is 2.29. The molecule has 0 saturated heterocycles. The van der Waals surface area contributed by atoms with Gasteiger partial charge in [0.2, 0.25) is 0 Å². The molecule has 3 heteroatoms. The van der Waals surface area contributed by atoms with E-state index in [1.807, 2.05) is 7.05 Å². The third-order valence-electron chi connectivity index (χ3n) is 3.01. The van der Waals surface area contributed by atoms with E-state index in [4.69, 9.17) is 4.74 Å². The van der Waals surface area contributed by atoms with Crippen LogP contribution in [0.2, 0.25) is 0 Å². The van der Waals surface area contributed by atoms with Gasteiger partial charge in [-0.05, 0) is 38.8 Å². The van der Waals surface area contributed by atoms with Crippen LogP contribution in [0.3, 0.4) is 0 Å². The van der Waals surface area contributed by atoms with Gasteiger partial charge in [-0.15, -0.1) is 0 Å². The fraction of sp³-hybridized carbons (Fsp3) is 1.00. The molecule has 1 saturated carbocycles. The van der Waals surface area contributed by atoms with Crippen LogP contribution >= 0.6 is 0 Å². The molecule has 15 heavy (non-hydrogen) atoms. The summed E-state index contributed by atoms with van der Waals surface area (Å²) in [6.07, 6.45) is 4.12. The Kier molecular flexibility index (Phi) is 6.22. The van der Waals surface area contributed by atoms with Crippen LogP contribution in [0, 0.1) is 5.92 Å². The molecule has 90 valence electrons. The third-order valence-corrected chi connectivity index (χ3v) is 3.01. The van der Waals surface area contributed by atoms with E-state index in [-0.39, 0.29) is 0 Å². The zero-order valence-electron chi connectivity index (χ0n) is 10.5. The largest absolute Gasteiger partial charge is 0.383 e. The van der Waals surface area contributed by atoms with Gasteiger partial charge in [-0.25, -0.2) is 0 Å². The second-order valence-corrected chi connectivity index (χ2v) is 4.64. The van der Waals surface area contributed by atoms with Crippen molar-refractivity contribution < 1.29 is 4.74 Å². The average Bonchev–Trinajstić information content (AvgIpc) is 3.01. The van der Waals surface area contributed by atoms with Gasteiger partial charge >= 0.3 is 0 Å². The van der Waals surface area contributed by atoms with E-state index in [1.54, 1.807) is 7.11 Å². The first kappa shape index (κ1) is 12.9. The first-order chi connectivity index (χ1) is 7.30. The summed E-state index contributed by atoms with van der Waals surface area (Å²) in [6, 6.07) is 0.472. The highest BCUT2D eigenvalue weighted by Gasteiger charge is 2.24. The summed E-state index contributed by atoms with van der Waals surface area (Å²) in [5.41, 5.74) is 0. The van der Waals surface area contributed by atoms with Crippen molar-refractivity contribution in [3.05, 3.63) is 0 Å². The molecule has 1 N–H and O–H groups in total. The minimum atomic E-state index is 0.472. The van der Waals surface area contributed by atoms with E-state index in [0.717, 1.165) is 19.1 Å². The molecular formula is C12H26N2O. The van der Waals surface area contributed by atoms with Crippen molar-refractivity contribution in [1.82, 2.24) is 10.2 Å². The lowest BCUT2D eigenvalue weighted by molar-refractivity contribution is 0.139. The molecule has 3 nitrogen and oxygen atoms in total. The monoisotopic (exact) mass is 214 g/mol. The van der Waals surface area contributed by atoms with E-state index in [9.17, 15) is 0 Å². The first-order valence-corrected chi connectivity index (χ1v) is 6.18. The maximum absolute atomic E-state index is 5.21. The number of ether oxygens (including phenoxy) is 1. The molecule has 1 rings (SSSR count). The van der Waals surface area contributed by atoms with Crippen molar-refractivity contribution in [2.45, 2.75) is 32.2 Å². The van der Waals surface area contributed by atoms with Crippen molar-refractivity contribution in [3.63, 3.8) is 0 Å². The highest BCUT2D eigenvalue weighted by atomic mass is 16.5. The van der Waals surface area contributed by atoms with Crippen LogP contribution in [-0.4, -0.2) is 51.3 Å². The highest BCUT2D eigenvalue weighted by molar-refractivity contribution is 4.79. The van der Waals surface area contributed by atoms with Crippen LogP contribution in [0.1, 0.15) is 26.2 Å². The summed E-state index contributed by atoms with van der Waals surface area (Å²) in [7, 11) is 3.79. The topological polar surface area (TPSA) is 24.5 Å². The van der Waals surface area contributed by atoms with E-state index in [1.165, 1.54) is 32.4 Å². The molecule has 1 unspecified atom stereocenters. The number of nitrogens with zero attached hydrogens (tertiary/aromatic N) is 1.